The van der Waals surface area contributed by atoms with Crippen LogP contribution in [0.5, 0.6) is 0 Å². The first-order chi connectivity index (χ1) is 27.2. The van der Waals surface area contributed by atoms with E-state index in [2.05, 4.69) is 171 Å². The molecule has 5 nitrogen and oxygen atoms in total. The van der Waals surface area contributed by atoms with Crippen LogP contribution in [0.1, 0.15) is 11.1 Å². The van der Waals surface area contributed by atoms with Crippen LogP contribution in [0.3, 0.4) is 0 Å². The number of rotatable bonds is 4. The first-order valence-electron chi connectivity index (χ1n) is 18.3. The minimum Gasteiger partial charge on any atom is -0.309 e. The Bertz CT molecular complexity index is 3360. The molecule has 254 valence electrons. The van der Waals surface area contributed by atoms with Gasteiger partial charge in [0.25, 0.3) is 0 Å². The van der Waals surface area contributed by atoms with E-state index in [1.165, 1.54) is 21.5 Å². The topological polar surface area (TPSA) is 62.4 Å². The number of hydrogen-bond donors (Lipinski definition) is 0. The Morgan fingerprint density at radius 3 is 1.40 bits per heavy atom. The van der Waals surface area contributed by atoms with Gasteiger partial charge in [0, 0.05) is 54.8 Å². The Kier molecular flexibility index (Phi) is 6.61. The zero-order valence-electron chi connectivity index (χ0n) is 29.5. The molecule has 0 unspecified atom stereocenters. The lowest BCUT2D eigenvalue weighted by Crippen LogP contribution is -2.00. The first-order valence-corrected chi connectivity index (χ1v) is 18.3. The average molecular weight is 700 g/mol. The fraction of sp³-hybridized carbons (Fsp3) is 0. The van der Waals surface area contributed by atoms with Gasteiger partial charge in [0.15, 0.2) is 0 Å². The molecule has 3 heterocycles. The number of nitriles is 2. The Hall–Kier alpha value is -7.86. The van der Waals surface area contributed by atoms with Crippen LogP contribution in [0.15, 0.2) is 176 Å². The van der Waals surface area contributed by atoms with Crippen molar-refractivity contribution in [1.82, 2.24) is 13.7 Å². The first kappa shape index (κ1) is 30.7. The van der Waals surface area contributed by atoms with Gasteiger partial charge < -0.3 is 13.7 Å². The Morgan fingerprint density at radius 2 is 0.818 bits per heavy atom. The van der Waals surface area contributed by atoms with E-state index in [0.717, 1.165) is 72.1 Å². The van der Waals surface area contributed by atoms with Crippen molar-refractivity contribution in [3.8, 4) is 40.3 Å². The molecule has 0 amide bonds. The largest absolute Gasteiger partial charge is 0.309 e. The number of aromatic nitrogens is 3. The summed E-state index contributed by atoms with van der Waals surface area (Å²) in [6.07, 6.45) is 0. The van der Waals surface area contributed by atoms with E-state index in [1.54, 1.807) is 0 Å². The Morgan fingerprint density at radius 1 is 0.327 bits per heavy atom. The second kappa shape index (κ2) is 11.8. The van der Waals surface area contributed by atoms with Gasteiger partial charge in [-0.25, -0.2) is 0 Å². The third-order valence-corrected chi connectivity index (χ3v) is 11.1. The Labute approximate surface area is 316 Å². The summed E-state index contributed by atoms with van der Waals surface area (Å²) in [5.74, 6) is 0. The van der Waals surface area contributed by atoms with Crippen molar-refractivity contribution in [2.24, 2.45) is 0 Å². The molecule has 5 heteroatoms. The van der Waals surface area contributed by atoms with Crippen molar-refractivity contribution in [3.63, 3.8) is 0 Å². The van der Waals surface area contributed by atoms with E-state index in [0.29, 0.717) is 11.1 Å². The standard InChI is InChI=1S/C50H29N5/c51-30-32-21-26-49-43(27-32)42-25-23-35(54-46-18-8-4-14-40(46)41-15-5-9-19-47(41)54)29-50(42)55(49)48-20-10-1-11-37(48)36-24-22-34(28-33(36)31-52)53-44-16-6-2-12-38(44)39-13-3-7-17-45(39)53/h1-29H. The lowest BCUT2D eigenvalue weighted by atomic mass is 9.97. The summed E-state index contributed by atoms with van der Waals surface area (Å²) in [6.45, 7) is 0. The monoisotopic (exact) mass is 699 g/mol. The van der Waals surface area contributed by atoms with E-state index in [9.17, 15) is 10.5 Å². The SMILES string of the molecule is N#Cc1ccc2c(c1)c1ccc(-n3c4ccccc4c4ccccc43)cc1n2-c1ccccc1-c1ccc(-n2c3ccccc3c3ccccc32)cc1C#N. The molecule has 0 bridgehead atoms. The molecular formula is C50H29N5. The molecular weight excluding hydrogens is 671 g/mol. The van der Waals surface area contributed by atoms with Crippen molar-refractivity contribution in [2.75, 3.05) is 0 Å². The van der Waals surface area contributed by atoms with Gasteiger partial charge >= 0.3 is 0 Å². The summed E-state index contributed by atoms with van der Waals surface area (Å²) >= 11 is 0. The predicted molar refractivity (Wildman–Crippen MR) is 224 cm³/mol. The molecule has 3 aromatic heterocycles. The van der Waals surface area contributed by atoms with Crippen molar-refractivity contribution < 1.29 is 0 Å². The van der Waals surface area contributed by atoms with E-state index in [1.807, 2.05) is 30.3 Å². The van der Waals surface area contributed by atoms with Crippen LogP contribution in [0.2, 0.25) is 0 Å². The van der Waals surface area contributed by atoms with Crippen LogP contribution in [-0.2, 0) is 0 Å². The van der Waals surface area contributed by atoms with E-state index >= 15 is 0 Å². The van der Waals surface area contributed by atoms with Crippen LogP contribution in [-0.4, -0.2) is 13.7 Å². The van der Waals surface area contributed by atoms with Crippen LogP contribution in [0.25, 0.3) is 93.6 Å². The van der Waals surface area contributed by atoms with Gasteiger partial charge in [-0.3, -0.25) is 0 Å². The number of benzene rings is 8. The molecule has 0 atom stereocenters. The van der Waals surface area contributed by atoms with E-state index in [4.69, 9.17) is 0 Å². The van der Waals surface area contributed by atoms with Gasteiger partial charge in [0.2, 0.25) is 0 Å². The summed E-state index contributed by atoms with van der Waals surface area (Å²) in [4.78, 5) is 0. The predicted octanol–water partition coefficient (Wildman–Crippen LogP) is 12.4. The third kappa shape index (κ3) is 4.45. The smallest absolute Gasteiger partial charge is 0.0998 e. The van der Waals surface area contributed by atoms with E-state index < -0.39 is 0 Å². The number of nitrogens with zero attached hydrogens (tertiary/aromatic N) is 5. The summed E-state index contributed by atoms with van der Waals surface area (Å²) in [6, 6.07) is 65.9. The summed E-state index contributed by atoms with van der Waals surface area (Å²) in [7, 11) is 0. The van der Waals surface area contributed by atoms with Crippen LogP contribution in [0.4, 0.5) is 0 Å². The van der Waals surface area contributed by atoms with Crippen molar-refractivity contribution in [1.29, 1.82) is 10.5 Å². The highest BCUT2D eigenvalue weighted by Gasteiger charge is 2.21. The highest BCUT2D eigenvalue weighted by Crippen LogP contribution is 2.41. The Balaban J connectivity index is 1.16. The molecule has 11 rings (SSSR count). The number of fused-ring (bicyclic) bond motifs is 9. The zero-order valence-corrected chi connectivity index (χ0v) is 29.5. The third-order valence-electron chi connectivity index (χ3n) is 11.1. The summed E-state index contributed by atoms with van der Waals surface area (Å²) < 4.78 is 6.87. The minimum absolute atomic E-state index is 0.588. The van der Waals surface area contributed by atoms with Gasteiger partial charge in [0.05, 0.1) is 62.1 Å². The molecule has 0 N–H and O–H groups in total. The normalized spacial score (nSPS) is 11.6. The lowest BCUT2D eigenvalue weighted by Gasteiger charge is -2.17. The molecule has 0 radical (unpaired) electrons. The maximum Gasteiger partial charge on any atom is 0.0998 e. The fourth-order valence-corrected chi connectivity index (χ4v) is 8.77. The number of hydrogen-bond acceptors (Lipinski definition) is 2. The molecule has 0 saturated heterocycles. The van der Waals surface area contributed by atoms with E-state index in [-0.39, 0.29) is 0 Å². The van der Waals surface area contributed by atoms with Crippen LogP contribution < -0.4 is 0 Å². The highest BCUT2D eigenvalue weighted by molar-refractivity contribution is 6.13. The van der Waals surface area contributed by atoms with Crippen molar-refractivity contribution >= 4 is 65.4 Å². The molecule has 11 aromatic rings. The second-order valence-electron chi connectivity index (χ2n) is 14.0. The maximum atomic E-state index is 10.8. The van der Waals surface area contributed by atoms with Crippen molar-refractivity contribution in [3.05, 3.63) is 187 Å². The average Bonchev–Trinajstić information content (AvgIpc) is 3.88. The highest BCUT2D eigenvalue weighted by atomic mass is 15.0. The summed E-state index contributed by atoms with van der Waals surface area (Å²) in [5.41, 5.74) is 12.4. The molecule has 0 aliphatic rings. The zero-order chi connectivity index (χ0) is 36.6. The summed E-state index contributed by atoms with van der Waals surface area (Å²) in [5, 5.41) is 27.5. The molecule has 0 fully saturated rings. The molecule has 0 spiro atoms. The second-order valence-corrected chi connectivity index (χ2v) is 14.0. The van der Waals surface area contributed by atoms with Gasteiger partial charge in [0.1, 0.15) is 0 Å². The van der Waals surface area contributed by atoms with Gasteiger partial charge in [-0.1, -0.05) is 103 Å². The minimum atomic E-state index is 0.588. The van der Waals surface area contributed by atoms with Gasteiger partial charge in [-0.2, -0.15) is 10.5 Å². The van der Waals surface area contributed by atoms with Gasteiger partial charge in [-0.05, 0) is 72.8 Å². The molecule has 0 saturated carbocycles. The van der Waals surface area contributed by atoms with Crippen LogP contribution in [0, 0.1) is 22.7 Å². The number of para-hydroxylation sites is 5. The molecule has 8 aromatic carbocycles. The van der Waals surface area contributed by atoms with Gasteiger partial charge in [-0.15, -0.1) is 0 Å². The lowest BCUT2D eigenvalue weighted by molar-refractivity contribution is 1.15. The molecule has 55 heavy (non-hydrogen) atoms. The maximum absolute atomic E-state index is 10.8. The van der Waals surface area contributed by atoms with Crippen LogP contribution >= 0.6 is 0 Å². The fourth-order valence-electron chi connectivity index (χ4n) is 8.77. The molecule has 0 aliphatic carbocycles. The quantitative estimate of drug-likeness (QED) is 0.184. The molecule has 0 aliphatic heterocycles. The van der Waals surface area contributed by atoms with Crippen molar-refractivity contribution in [2.45, 2.75) is 0 Å².